The van der Waals surface area contributed by atoms with Crippen molar-refractivity contribution in [2.75, 3.05) is 6.54 Å². The second-order valence-electron chi connectivity index (χ2n) is 3.71. The van der Waals surface area contributed by atoms with Crippen LogP contribution in [0.1, 0.15) is 30.1 Å². The highest BCUT2D eigenvalue weighted by Crippen LogP contribution is 2.19. The fraction of sp³-hybridized carbons (Fsp3) is 0.417. The van der Waals surface area contributed by atoms with Gasteiger partial charge in [0.15, 0.2) is 0 Å². The maximum absolute atomic E-state index is 11.8. The van der Waals surface area contributed by atoms with Crippen LogP contribution >= 0.6 is 34.2 Å². The Morgan fingerprint density at radius 3 is 2.94 bits per heavy atom. The van der Waals surface area contributed by atoms with E-state index in [9.17, 15) is 9.90 Å². The van der Waals surface area contributed by atoms with E-state index in [0.717, 1.165) is 16.4 Å². The van der Waals surface area contributed by atoms with Crippen LogP contribution in [0.2, 0.25) is 0 Å². The van der Waals surface area contributed by atoms with E-state index in [1.54, 1.807) is 12.1 Å². The summed E-state index contributed by atoms with van der Waals surface area (Å²) in [5.41, 5.74) is 0.305. The van der Waals surface area contributed by atoms with Crippen LogP contribution in [-0.2, 0) is 0 Å². The van der Waals surface area contributed by atoms with Crippen LogP contribution in [0.25, 0.3) is 0 Å². The summed E-state index contributed by atoms with van der Waals surface area (Å²) in [4.78, 5) is 11.8. The summed E-state index contributed by atoms with van der Waals surface area (Å²) in [6.45, 7) is 2.52. The van der Waals surface area contributed by atoms with Gasteiger partial charge in [-0.15, -0.1) is 11.6 Å². The number of carbonyl (C=O) groups excluding carboxylic acids is 1. The smallest absolute Gasteiger partial charge is 0.255 e. The molecule has 0 aliphatic carbocycles. The van der Waals surface area contributed by atoms with Crippen molar-refractivity contribution in [3.05, 3.63) is 27.3 Å². The summed E-state index contributed by atoms with van der Waals surface area (Å²) < 4.78 is 0.911. The summed E-state index contributed by atoms with van der Waals surface area (Å²) in [7, 11) is 0. The maximum atomic E-state index is 11.8. The maximum Gasteiger partial charge on any atom is 0.255 e. The number of alkyl halides is 1. The normalized spacial score (nSPS) is 12.2. The van der Waals surface area contributed by atoms with Gasteiger partial charge in [-0.05, 0) is 53.6 Å². The Morgan fingerprint density at radius 2 is 2.29 bits per heavy atom. The quantitative estimate of drug-likeness (QED) is 0.620. The van der Waals surface area contributed by atoms with E-state index in [2.05, 4.69) is 27.9 Å². The van der Waals surface area contributed by atoms with Gasteiger partial charge in [-0.25, -0.2) is 0 Å². The Kier molecular flexibility index (Phi) is 6.05. The number of amides is 1. The second kappa shape index (κ2) is 7.06. The van der Waals surface area contributed by atoms with Crippen molar-refractivity contribution in [3.8, 4) is 5.75 Å². The number of phenols is 1. The zero-order chi connectivity index (χ0) is 12.8. The molecule has 0 fully saturated rings. The zero-order valence-electron chi connectivity index (χ0n) is 9.54. The number of halogens is 2. The lowest BCUT2D eigenvalue weighted by molar-refractivity contribution is 0.0950. The van der Waals surface area contributed by atoms with Crippen molar-refractivity contribution in [1.29, 1.82) is 0 Å². The molecule has 3 nitrogen and oxygen atoms in total. The average Bonchev–Trinajstić information content (AvgIpc) is 2.31. The predicted octanol–water partition coefficient (Wildman–Crippen LogP) is 3.13. The molecule has 0 bridgehead atoms. The zero-order valence-corrected chi connectivity index (χ0v) is 12.5. The van der Waals surface area contributed by atoms with Crippen LogP contribution in [0, 0.1) is 3.57 Å². The minimum absolute atomic E-state index is 0.000769. The molecule has 94 valence electrons. The van der Waals surface area contributed by atoms with E-state index in [-0.39, 0.29) is 17.0 Å². The molecule has 1 aromatic rings. The Labute approximate surface area is 120 Å². The minimum atomic E-state index is -0.263. The van der Waals surface area contributed by atoms with E-state index in [0.29, 0.717) is 12.1 Å². The fourth-order valence-corrected chi connectivity index (χ4v) is 1.93. The first-order valence-corrected chi connectivity index (χ1v) is 6.97. The van der Waals surface area contributed by atoms with Gasteiger partial charge in [0, 0.05) is 15.5 Å². The molecule has 5 heteroatoms. The third-order valence-electron chi connectivity index (χ3n) is 2.39. The first-order chi connectivity index (χ1) is 8.04. The van der Waals surface area contributed by atoms with E-state index in [1.807, 2.05) is 6.92 Å². The number of carbonyl (C=O) groups is 1. The molecule has 0 spiro atoms. The summed E-state index contributed by atoms with van der Waals surface area (Å²) in [6, 6.07) is 4.93. The van der Waals surface area contributed by atoms with E-state index in [4.69, 9.17) is 11.6 Å². The van der Waals surface area contributed by atoms with Gasteiger partial charge >= 0.3 is 0 Å². The Bertz CT molecular complexity index is 398. The van der Waals surface area contributed by atoms with Crippen LogP contribution in [0.3, 0.4) is 0 Å². The molecule has 2 N–H and O–H groups in total. The lowest BCUT2D eigenvalue weighted by atomic mass is 10.2. The Balaban J connectivity index is 2.55. The van der Waals surface area contributed by atoms with Crippen LogP contribution < -0.4 is 5.32 Å². The molecule has 1 aromatic carbocycles. The summed E-state index contributed by atoms with van der Waals surface area (Å²) in [6.07, 6.45) is 1.61. The van der Waals surface area contributed by atoms with Crippen molar-refractivity contribution in [2.24, 2.45) is 0 Å². The predicted molar refractivity (Wildman–Crippen MR) is 77.7 cm³/mol. The first kappa shape index (κ1) is 14.6. The minimum Gasteiger partial charge on any atom is -0.507 e. The van der Waals surface area contributed by atoms with E-state index in [1.165, 1.54) is 6.07 Å². The highest BCUT2D eigenvalue weighted by Gasteiger charge is 2.11. The standard InChI is InChI=1S/C12H15ClINO2/c1-2-8(13)5-6-15-12(17)10-7-9(14)3-4-11(10)16/h3-4,7-8,16H,2,5-6H2,1H3,(H,15,17). The van der Waals surface area contributed by atoms with Crippen molar-refractivity contribution in [1.82, 2.24) is 5.32 Å². The molecular formula is C12H15ClINO2. The number of benzene rings is 1. The number of rotatable bonds is 5. The molecule has 0 saturated carbocycles. The Hall–Kier alpha value is -0.490. The monoisotopic (exact) mass is 367 g/mol. The van der Waals surface area contributed by atoms with E-state index < -0.39 is 0 Å². The molecule has 1 unspecified atom stereocenters. The SMILES string of the molecule is CCC(Cl)CCNC(=O)c1cc(I)ccc1O. The van der Waals surface area contributed by atoms with Gasteiger partial charge in [0.25, 0.3) is 5.91 Å². The molecule has 0 aliphatic rings. The van der Waals surface area contributed by atoms with Gasteiger partial charge < -0.3 is 10.4 Å². The number of phenolic OH excluding ortho intramolecular Hbond substituents is 1. The van der Waals surface area contributed by atoms with Gasteiger partial charge in [0.05, 0.1) is 5.56 Å². The summed E-state index contributed by atoms with van der Waals surface area (Å²) in [5, 5.41) is 12.4. The molecule has 0 aliphatic heterocycles. The Morgan fingerprint density at radius 1 is 1.59 bits per heavy atom. The first-order valence-electron chi connectivity index (χ1n) is 5.45. The molecule has 17 heavy (non-hydrogen) atoms. The van der Waals surface area contributed by atoms with Crippen molar-refractivity contribution < 1.29 is 9.90 Å². The van der Waals surface area contributed by atoms with Crippen molar-refractivity contribution >= 4 is 40.1 Å². The number of hydrogen-bond donors (Lipinski definition) is 2. The molecule has 1 atom stereocenters. The molecule has 1 amide bonds. The lowest BCUT2D eigenvalue weighted by Gasteiger charge is -2.09. The highest BCUT2D eigenvalue weighted by atomic mass is 127. The third kappa shape index (κ3) is 4.71. The molecule has 0 heterocycles. The summed E-state index contributed by atoms with van der Waals surface area (Å²) in [5.74, 6) is -0.262. The molecular weight excluding hydrogens is 352 g/mol. The van der Waals surface area contributed by atoms with Gasteiger partial charge in [0.1, 0.15) is 5.75 Å². The van der Waals surface area contributed by atoms with Crippen LogP contribution in [0.4, 0.5) is 0 Å². The van der Waals surface area contributed by atoms with Crippen LogP contribution in [-0.4, -0.2) is 22.9 Å². The van der Waals surface area contributed by atoms with Gasteiger partial charge in [-0.1, -0.05) is 6.92 Å². The molecule has 0 aromatic heterocycles. The van der Waals surface area contributed by atoms with Crippen molar-refractivity contribution in [2.45, 2.75) is 25.1 Å². The van der Waals surface area contributed by atoms with Crippen LogP contribution in [0.5, 0.6) is 5.75 Å². The van der Waals surface area contributed by atoms with Gasteiger partial charge in [-0.3, -0.25) is 4.79 Å². The largest absolute Gasteiger partial charge is 0.507 e. The fourth-order valence-electron chi connectivity index (χ4n) is 1.33. The number of aromatic hydroxyl groups is 1. The number of nitrogens with one attached hydrogen (secondary N) is 1. The van der Waals surface area contributed by atoms with E-state index >= 15 is 0 Å². The second-order valence-corrected chi connectivity index (χ2v) is 5.57. The third-order valence-corrected chi connectivity index (χ3v) is 3.59. The molecule has 0 radical (unpaired) electrons. The molecule has 0 saturated heterocycles. The van der Waals surface area contributed by atoms with Gasteiger partial charge in [0.2, 0.25) is 0 Å². The highest BCUT2D eigenvalue weighted by molar-refractivity contribution is 14.1. The average molecular weight is 368 g/mol. The summed E-state index contributed by atoms with van der Waals surface area (Å²) >= 11 is 8.05. The lowest BCUT2D eigenvalue weighted by Crippen LogP contribution is -2.26. The van der Waals surface area contributed by atoms with Crippen molar-refractivity contribution in [3.63, 3.8) is 0 Å². The number of hydrogen-bond acceptors (Lipinski definition) is 2. The van der Waals surface area contributed by atoms with Gasteiger partial charge in [-0.2, -0.15) is 0 Å². The molecule has 1 rings (SSSR count). The van der Waals surface area contributed by atoms with Crippen LogP contribution in [0.15, 0.2) is 18.2 Å². The topological polar surface area (TPSA) is 49.3 Å².